The molecule has 1 atom stereocenters. The van der Waals surface area contributed by atoms with Crippen molar-refractivity contribution in [2.24, 2.45) is 0 Å². The molecule has 1 aromatic rings. The fraction of sp³-hybridized carbons (Fsp3) is 0.857. The summed E-state index contributed by atoms with van der Waals surface area (Å²) in [6.45, 7) is 13.0. The molecule has 0 radical (unpaired) electrons. The first-order valence-electron chi connectivity index (χ1n) is 7.20. The van der Waals surface area contributed by atoms with Crippen LogP contribution in [-0.4, -0.2) is 39.6 Å². The van der Waals surface area contributed by atoms with Gasteiger partial charge < -0.3 is 10.1 Å². The van der Waals surface area contributed by atoms with Gasteiger partial charge in [0.15, 0.2) is 0 Å². The quantitative estimate of drug-likeness (QED) is 0.784. The molecule has 0 spiro atoms. The van der Waals surface area contributed by atoms with Gasteiger partial charge in [-0.25, -0.2) is 4.98 Å². The monoisotopic (exact) mass is 268 g/mol. The lowest BCUT2D eigenvalue weighted by Gasteiger charge is -2.25. The standard InChI is InChI=1S/C14H28N4O/c1-6-8-18-13(16-11-17-18)9-12(15-7-2)10-19-14(3,4)5/h11-12,15H,6-10H2,1-5H3. The molecule has 110 valence electrons. The summed E-state index contributed by atoms with van der Waals surface area (Å²) in [5.74, 6) is 1.03. The molecule has 19 heavy (non-hydrogen) atoms. The number of ether oxygens (including phenoxy) is 1. The lowest BCUT2D eigenvalue weighted by Crippen LogP contribution is -2.38. The van der Waals surface area contributed by atoms with Crippen LogP contribution in [0.15, 0.2) is 6.33 Å². The molecule has 0 saturated carbocycles. The fourth-order valence-electron chi connectivity index (χ4n) is 1.89. The average molecular weight is 268 g/mol. The van der Waals surface area contributed by atoms with Crippen molar-refractivity contribution in [2.75, 3.05) is 13.2 Å². The summed E-state index contributed by atoms with van der Waals surface area (Å²) in [5.41, 5.74) is -0.106. The van der Waals surface area contributed by atoms with E-state index in [-0.39, 0.29) is 11.6 Å². The van der Waals surface area contributed by atoms with Crippen molar-refractivity contribution in [3.63, 3.8) is 0 Å². The third-order valence-electron chi connectivity index (χ3n) is 2.77. The highest BCUT2D eigenvalue weighted by atomic mass is 16.5. The average Bonchev–Trinajstić information content (AvgIpc) is 2.73. The van der Waals surface area contributed by atoms with E-state index in [4.69, 9.17) is 4.74 Å². The number of aromatic nitrogens is 3. The van der Waals surface area contributed by atoms with E-state index in [0.29, 0.717) is 6.61 Å². The van der Waals surface area contributed by atoms with E-state index in [1.807, 2.05) is 4.68 Å². The third-order valence-corrected chi connectivity index (χ3v) is 2.77. The van der Waals surface area contributed by atoms with Gasteiger partial charge in [0.05, 0.1) is 12.2 Å². The largest absolute Gasteiger partial charge is 0.374 e. The zero-order valence-electron chi connectivity index (χ0n) is 12.9. The van der Waals surface area contributed by atoms with Gasteiger partial charge in [-0.05, 0) is 33.7 Å². The fourth-order valence-corrected chi connectivity index (χ4v) is 1.89. The van der Waals surface area contributed by atoms with Crippen LogP contribution in [0.3, 0.4) is 0 Å². The van der Waals surface area contributed by atoms with Gasteiger partial charge in [-0.3, -0.25) is 4.68 Å². The molecule has 1 aromatic heterocycles. The molecular formula is C14H28N4O. The molecule has 5 nitrogen and oxygen atoms in total. The predicted molar refractivity (Wildman–Crippen MR) is 77.2 cm³/mol. The van der Waals surface area contributed by atoms with Crippen molar-refractivity contribution in [1.29, 1.82) is 0 Å². The SMILES string of the molecule is CCCn1ncnc1CC(COC(C)(C)C)NCC. The molecule has 5 heteroatoms. The Morgan fingerprint density at radius 1 is 1.37 bits per heavy atom. The lowest BCUT2D eigenvalue weighted by molar-refractivity contribution is -0.0145. The second-order valence-corrected chi connectivity index (χ2v) is 5.78. The maximum absolute atomic E-state index is 5.87. The zero-order valence-corrected chi connectivity index (χ0v) is 12.9. The Morgan fingerprint density at radius 3 is 2.68 bits per heavy atom. The number of rotatable bonds is 8. The topological polar surface area (TPSA) is 52.0 Å². The summed E-state index contributed by atoms with van der Waals surface area (Å²) in [6, 6.07) is 0.282. The van der Waals surface area contributed by atoms with Crippen LogP contribution >= 0.6 is 0 Å². The molecule has 0 fully saturated rings. The molecule has 1 heterocycles. The number of hydrogen-bond donors (Lipinski definition) is 1. The summed E-state index contributed by atoms with van der Waals surface area (Å²) < 4.78 is 7.86. The minimum Gasteiger partial charge on any atom is -0.374 e. The number of likely N-dealkylation sites (N-methyl/N-ethyl adjacent to an activating group) is 1. The number of nitrogens with one attached hydrogen (secondary N) is 1. The van der Waals surface area contributed by atoms with Crippen LogP contribution in [0.4, 0.5) is 0 Å². The normalized spacial score (nSPS) is 13.7. The van der Waals surface area contributed by atoms with E-state index < -0.39 is 0 Å². The Balaban J connectivity index is 2.59. The van der Waals surface area contributed by atoms with Gasteiger partial charge in [0.2, 0.25) is 0 Å². The van der Waals surface area contributed by atoms with Crippen LogP contribution in [0.1, 0.15) is 46.9 Å². The Kier molecular flexibility index (Phi) is 6.45. The van der Waals surface area contributed by atoms with Crippen molar-refractivity contribution in [3.05, 3.63) is 12.2 Å². The van der Waals surface area contributed by atoms with Gasteiger partial charge in [0.25, 0.3) is 0 Å². The van der Waals surface area contributed by atoms with Crippen LogP contribution in [0.2, 0.25) is 0 Å². The van der Waals surface area contributed by atoms with Crippen molar-refractivity contribution in [1.82, 2.24) is 20.1 Å². The smallest absolute Gasteiger partial charge is 0.138 e. The Morgan fingerprint density at radius 2 is 2.11 bits per heavy atom. The maximum Gasteiger partial charge on any atom is 0.138 e. The van der Waals surface area contributed by atoms with E-state index in [2.05, 4.69) is 50.0 Å². The molecule has 1 rings (SSSR count). The molecule has 0 aliphatic heterocycles. The van der Waals surface area contributed by atoms with Crippen molar-refractivity contribution < 1.29 is 4.74 Å². The minimum absolute atomic E-state index is 0.106. The van der Waals surface area contributed by atoms with Crippen LogP contribution in [0, 0.1) is 0 Å². The highest BCUT2D eigenvalue weighted by Crippen LogP contribution is 2.09. The van der Waals surface area contributed by atoms with Crippen LogP contribution < -0.4 is 5.32 Å². The second kappa shape index (κ2) is 7.60. The number of nitrogens with zero attached hydrogens (tertiary/aromatic N) is 3. The first-order chi connectivity index (χ1) is 8.96. The minimum atomic E-state index is -0.106. The van der Waals surface area contributed by atoms with Crippen LogP contribution in [0.25, 0.3) is 0 Å². The Labute approximate surface area is 116 Å². The summed E-state index contributed by atoms with van der Waals surface area (Å²) in [6.07, 6.45) is 3.56. The van der Waals surface area contributed by atoms with E-state index >= 15 is 0 Å². The highest BCUT2D eigenvalue weighted by Gasteiger charge is 2.17. The summed E-state index contributed by atoms with van der Waals surface area (Å²) >= 11 is 0. The molecule has 0 saturated heterocycles. The van der Waals surface area contributed by atoms with Crippen LogP contribution in [0.5, 0.6) is 0 Å². The molecule has 0 aliphatic rings. The van der Waals surface area contributed by atoms with Gasteiger partial charge in [0.1, 0.15) is 12.2 Å². The number of hydrogen-bond acceptors (Lipinski definition) is 4. The molecule has 0 aromatic carbocycles. The maximum atomic E-state index is 5.87. The summed E-state index contributed by atoms with van der Waals surface area (Å²) in [7, 11) is 0. The summed E-state index contributed by atoms with van der Waals surface area (Å²) in [5, 5.41) is 7.72. The van der Waals surface area contributed by atoms with Gasteiger partial charge in [-0.2, -0.15) is 5.10 Å². The number of aryl methyl sites for hydroxylation is 1. The van der Waals surface area contributed by atoms with Crippen molar-refractivity contribution in [2.45, 2.75) is 65.6 Å². The molecule has 1 N–H and O–H groups in total. The zero-order chi connectivity index (χ0) is 14.3. The first-order valence-corrected chi connectivity index (χ1v) is 7.20. The van der Waals surface area contributed by atoms with E-state index in [0.717, 1.165) is 31.8 Å². The van der Waals surface area contributed by atoms with Crippen molar-refractivity contribution >= 4 is 0 Å². The Bertz CT molecular complexity index is 357. The summed E-state index contributed by atoms with van der Waals surface area (Å²) in [4.78, 5) is 4.36. The Hall–Kier alpha value is -0.940. The second-order valence-electron chi connectivity index (χ2n) is 5.78. The lowest BCUT2D eigenvalue weighted by atomic mass is 10.1. The molecule has 0 aliphatic carbocycles. The first kappa shape index (κ1) is 16.1. The highest BCUT2D eigenvalue weighted by molar-refractivity contribution is 4.90. The van der Waals surface area contributed by atoms with E-state index in [9.17, 15) is 0 Å². The molecule has 1 unspecified atom stereocenters. The van der Waals surface area contributed by atoms with Gasteiger partial charge >= 0.3 is 0 Å². The predicted octanol–water partition coefficient (Wildman–Crippen LogP) is 2.02. The molecular weight excluding hydrogens is 240 g/mol. The van der Waals surface area contributed by atoms with Crippen molar-refractivity contribution in [3.8, 4) is 0 Å². The van der Waals surface area contributed by atoms with E-state index in [1.165, 1.54) is 0 Å². The van der Waals surface area contributed by atoms with Gasteiger partial charge in [0, 0.05) is 19.0 Å². The van der Waals surface area contributed by atoms with Gasteiger partial charge in [-0.1, -0.05) is 13.8 Å². The van der Waals surface area contributed by atoms with E-state index in [1.54, 1.807) is 6.33 Å². The molecule has 0 amide bonds. The van der Waals surface area contributed by atoms with Crippen LogP contribution in [-0.2, 0) is 17.7 Å². The molecule has 0 bridgehead atoms. The third kappa shape index (κ3) is 6.16. The van der Waals surface area contributed by atoms with Gasteiger partial charge in [-0.15, -0.1) is 0 Å².